The van der Waals surface area contributed by atoms with Gasteiger partial charge in [-0.15, -0.1) is 11.3 Å². The molecule has 114 valence electrons. The molecule has 0 atom stereocenters. The summed E-state index contributed by atoms with van der Waals surface area (Å²) in [6, 6.07) is 5.11. The van der Waals surface area contributed by atoms with Crippen molar-refractivity contribution in [1.82, 2.24) is 10.3 Å². The van der Waals surface area contributed by atoms with Gasteiger partial charge in [0.25, 0.3) is 10.0 Å². The number of thiophene rings is 1. The van der Waals surface area contributed by atoms with Crippen molar-refractivity contribution in [3.63, 3.8) is 0 Å². The van der Waals surface area contributed by atoms with Crippen molar-refractivity contribution in [3.8, 4) is 0 Å². The summed E-state index contributed by atoms with van der Waals surface area (Å²) in [5.41, 5.74) is 0.466. The minimum absolute atomic E-state index is 0.338. The molecule has 21 heavy (non-hydrogen) atoms. The third-order valence-corrected chi connectivity index (χ3v) is 5.54. The lowest BCUT2D eigenvalue weighted by Gasteiger charge is -2.06. The van der Waals surface area contributed by atoms with Gasteiger partial charge in [-0.3, -0.25) is 9.71 Å². The van der Waals surface area contributed by atoms with Gasteiger partial charge in [-0.25, -0.2) is 8.42 Å². The zero-order valence-corrected chi connectivity index (χ0v) is 13.7. The van der Waals surface area contributed by atoms with Gasteiger partial charge in [0.15, 0.2) is 0 Å². The molecule has 0 saturated carbocycles. The number of nitrogens with zero attached hydrogens (tertiary/aromatic N) is 1. The average Bonchev–Trinajstić information content (AvgIpc) is 2.82. The second-order valence-electron chi connectivity index (χ2n) is 4.66. The van der Waals surface area contributed by atoms with Crippen LogP contribution >= 0.6 is 11.3 Å². The van der Waals surface area contributed by atoms with E-state index in [0.29, 0.717) is 17.1 Å². The van der Waals surface area contributed by atoms with Crippen LogP contribution in [0.25, 0.3) is 0 Å². The molecule has 0 spiro atoms. The Labute approximate surface area is 129 Å². The van der Waals surface area contributed by atoms with Gasteiger partial charge in [-0.2, -0.15) is 0 Å². The zero-order chi connectivity index (χ0) is 15.3. The molecule has 0 aliphatic carbocycles. The first kappa shape index (κ1) is 15.9. The molecule has 0 aliphatic heterocycles. The highest BCUT2D eigenvalue weighted by Gasteiger charge is 2.20. The van der Waals surface area contributed by atoms with E-state index in [4.69, 9.17) is 0 Å². The van der Waals surface area contributed by atoms with Gasteiger partial charge in [0.05, 0.1) is 11.9 Å². The Balaban J connectivity index is 2.16. The lowest BCUT2D eigenvalue weighted by molar-refractivity contribution is 0.601. The van der Waals surface area contributed by atoms with E-state index in [1.807, 2.05) is 6.92 Å². The molecule has 0 bridgehead atoms. The molecule has 0 radical (unpaired) electrons. The molecule has 0 unspecified atom stereocenters. The summed E-state index contributed by atoms with van der Waals surface area (Å²) in [6.45, 7) is 5.54. The lowest BCUT2D eigenvalue weighted by atomic mass is 10.4. The molecular weight excluding hydrogens is 306 g/mol. The van der Waals surface area contributed by atoms with Crippen molar-refractivity contribution >= 4 is 27.0 Å². The Morgan fingerprint density at radius 3 is 2.86 bits per heavy atom. The van der Waals surface area contributed by atoms with Crippen molar-refractivity contribution < 1.29 is 8.42 Å². The molecule has 0 aliphatic rings. The predicted octanol–water partition coefficient (Wildman–Crippen LogP) is 2.75. The second kappa shape index (κ2) is 7.02. The van der Waals surface area contributed by atoms with Crippen LogP contribution in [0.3, 0.4) is 0 Å². The minimum Gasteiger partial charge on any atom is -0.312 e. The Morgan fingerprint density at radius 2 is 2.19 bits per heavy atom. The molecule has 0 aromatic carbocycles. The monoisotopic (exact) mass is 325 g/mol. The van der Waals surface area contributed by atoms with E-state index in [1.165, 1.54) is 17.5 Å². The fourth-order valence-electron chi connectivity index (χ4n) is 1.90. The topological polar surface area (TPSA) is 71.1 Å². The van der Waals surface area contributed by atoms with Gasteiger partial charge in [-0.05, 0) is 38.1 Å². The molecule has 2 heterocycles. The Bertz CT molecular complexity index is 681. The highest BCUT2D eigenvalue weighted by atomic mass is 32.2. The standard InChI is InChI=1S/C14H19N3O2S2/c1-3-6-15-10-13-8-14(11(2)20-13)21(18,19)17-12-5-4-7-16-9-12/h4-5,7-9,15,17H,3,6,10H2,1-2H3. The van der Waals surface area contributed by atoms with Crippen molar-refractivity contribution in [1.29, 1.82) is 0 Å². The van der Waals surface area contributed by atoms with Crippen LogP contribution in [0.4, 0.5) is 5.69 Å². The Morgan fingerprint density at radius 1 is 1.38 bits per heavy atom. The van der Waals surface area contributed by atoms with E-state index in [9.17, 15) is 8.42 Å². The van der Waals surface area contributed by atoms with Crippen molar-refractivity contribution in [2.45, 2.75) is 31.7 Å². The normalized spacial score (nSPS) is 11.5. The number of sulfonamides is 1. The number of anilines is 1. The number of rotatable bonds is 7. The van der Waals surface area contributed by atoms with E-state index in [2.05, 4.69) is 21.9 Å². The molecule has 2 N–H and O–H groups in total. The van der Waals surface area contributed by atoms with Crippen molar-refractivity contribution in [2.75, 3.05) is 11.3 Å². The van der Waals surface area contributed by atoms with Gasteiger partial charge < -0.3 is 5.32 Å². The predicted molar refractivity (Wildman–Crippen MR) is 86.1 cm³/mol. The molecule has 5 nitrogen and oxygen atoms in total. The maximum Gasteiger partial charge on any atom is 0.263 e. The SMILES string of the molecule is CCCNCc1cc(S(=O)(=O)Nc2cccnc2)c(C)s1. The number of hydrogen-bond donors (Lipinski definition) is 2. The number of hydrogen-bond acceptors (Lipinski definition) is 5. The highest BCUT2D eigenvalue weighted by molar-refractivity contribution is 7.93. The van der Waals surface area contributed by atoms with Crippen LogP contribution in [-0.4, -0.2) is 19.9 Å². The van der Waals surface area contributed by atoms with Crippen LogP contribution in [-0.2, 0) is 16.6 Å². The molecule has 7 heteroatoms. The van der Waals surface area contributed by atoms with Crippen LogP contribution in [0.1, 0.15) is 23.1 Å². The number of pyridine rings is 1. The van der Waals surface area contributed by atoms with Gasteiger partial charge >= 0.3 is 0 Å². The average molecular weight is 325 g/mol. The summed E-state index contributed by atoms with van der Waals surface area (Å²) in [4.78, 5) is 6.06. The van der Waals surface area contributed by atoms with E-state index < -0.39 is 10.0 Å². The van der Waals surface area contributed by atoms with E-state index in [0.717, 1.165) is 22.7 Å². The second-order valence-corrected chi connectivity index (χ2v) is 7.65. The number of aryl methyl sites for hydroxylation is 1. The van der Waals surface area contributed by atoms with Crippen LogP contribution in [0.5, 0.6) is 0 Å². The van der Waals surface area contributed by atoms with Crippen LogP contribution in [0.2, 0.25) is 0 Å². The molecule has 0 saturated heterocycles. The summed E-state index contributed by atoms with van der Waals surface area (Å²) >= 11 is 1.50. The number of aromatic nitrogens is 1. The van der Waals surface area contributed by atoms with Crippen LogP contribution in [0, 0.1) is 6.92 Å². The highest BCUT2D eigenvalue weighted by Crippen LogP contribution is 2.27. The van der Waals surface area contributed by atoms with Crippen molar-refractivity contribution in [2.24, 2.45) is 0 Å². The summed E-state index contributed by atoms with van der Waals surface area (Å²) in [6.07, 6.45) is 4.15. The van der Waals surface area contributed by atoms with Crippen molar-refractivity contribution in [3.05, 3.63) is 40.3 Å². The maximum atomic E-state index is 12.4. The lowest BCUT2D eigenvalue weighted by Crippen LogP contribution is -2.14. The first-order chi connectivity index (χ1) is 10.0. The fraction of sp³-hybridized carbons (Fsp3) is 0.357. The largest absolute Gasteiger partial charge is 0.312 e. The smallest absolute Gasteiger partial charge is 0.263 e. The first-order valence-corrected chi connectivity index (χ1v) is 9.06. The summed E-state index contributed by atoms with van der Waals surface area (Å²) in [5, 5.41) is 3.28. The molecule has 2 aromatic rings. The third-order valence-electron chi connectivity index (χ3n) is 2.85. The van der Waals surface area contributed by atoms with Crippen LogP contribution < -0.4 is 10.0 Å². The molecule has 0 fully saturated rings. The van der Waals surface area contributed by atoms with Crippen LogP contribution in [0.15, 0.2) is 35.5 Å². The molecular formula is C14H19N3O2S2. The summed E-state index contributed by atoms with van der Waals surface area (Å²) in [7, 11) is -3.56. The first-order valence-electron chi connectivity index (χ1n) is 6.76. The van der Waals surface area contributed by atoms with Gasteiger partial charge in [0.1, 0.15) is 4.90 Å². The fourth-order valence-corrected chi connectivity index (χ4v) is 4.55. The van der Waals surface area contributed by atoms with Gasteiger partial charge in [-0.1, -0.05) is 6.92 Å². The van der Waals surface area contributed by atoms with Gasteiger partial charge in [0.2, 0.25) is 0 Å². The molecule has 2 aromatic heterocycles. The third kappa shape index (κ3) is 4.26. The Hall–Kier alpha value is -1.44. The van der Waals surface area contributed by atoms with E-state index >= 15 is 0 Å². The maximum absolute atomic E-state index is 12.4. The Kier molecular flexibility index (Phi) is 5.33. The summed E-state index contributed by atoms with van der Waals surface area (Å²) in [5.74, 6) is 0. The summed E-state index contributed by atoms with van der Waals surface area (Å²) < 4.78 is 27.4. The van der Waals surface area contributed by atoms with E-state index in [-0.39, 0.29) is 0 Å². The van der Waals surface area contributed by atoms with E-state index in [1.54, 1.807) is 24.4 Å². The van der Waals surface area contributed by atoms with Gasteiger partial charge in [0, 0.05) is 22.5 Å². The molecule has 2 rings (SSSR count). The quantitative estimate of drug-likeness (QED) is 0.768. The molecule has 0 amide bonds. The number of nitrogens with one attached hydrogen (secondary N) is 2. The minimum atomic E-state index is -3.56. The zero-order valence-electron chi connectivity index (χ0n) is 12.1.